The third-order valence-corrected chi connectivity index (χ3v) is 6.27. The van der Waals surface area contributed by atoms with Crippen LogP contribution in [0.4, 0.5) is 9.93 Å². The highest BCUT2D eigenvalue weighted by Gasteiger charge is 2.16. The summed E-state index contributed by atoms with van der Waals surface area (Å²) in [6.45, 7) is 5.52. The molecule has 31 heavy (non-hydrogen) atoms. The van der Waals surface area contributed by atoms with Gasteiger partial charge in [0, 0.05) is 18.2 Å². The number of aromatic nitrogens is 1. The number of fused-ring (bicyclic) bond motifs is 1. The van der Waals surface area contributed by atoms with Crippen LogP contribution in [0.5, 0.6) is 11.5 Å². The number of nitrogens with zero attached hydrogens (tertiary/aromatic N) is 3. The van der Waals surface area contributed by atoms with Crippen molar-refractivity contribution in [3.8, 4) is 11.5 Å². The molecule has 1 aliphatic rings. The van der Waals surface area contributed by atoms with Crippen LogP contribution >= 0.6 is 11.3 Å². The number of nitrogens with one attached hydrogen (secondary N) is 2. The molecule has 1 aromatic heterocycles. The molecule has 0 bridgehead atoms. The van der Waals surface area contributed by atoms with Gasteiger partial charge in [0.25, 0.3) is 0 Å². The van der Waals surface area contributed by atoms with Gasteiger partial charge in [0.15, 0.2) is 5.13 Å². The number of rotatable bonds is 5. The van der Waals surface area contributed by atoms with E-state index < -0.39 is 6.03 Å². The number of carbonyl (C=O) groups excluding carboxylic acids is 1. The zero-order valence-electron chi connectivity index (χ0n) is 17.2. The molecule has 2 heterocycles. The molecule has 1 saturated heterocycles. The van der Waals surface area contributed by atoms with Gasteiger partial charge in [-0.2, -0.15) is 5.10 Å². The summed E-state index contributed by atoms with van der Waals surface area (Å²) in [6.07, 6.45) is 3.79. The summed E-state index contributed by atoms with van der Waals surface area (Å²) in [5.41, 5.74) is 4.80. The van der Waals surface area contributed by atoms with E-state index in [0.717, 1.165) is 35.8 Å². The summed E-state index contributed by atoms with van der Waals surface area (Å²) in [7, 11) is 0. The molecule has 0 saturated carbocycles. The van der Waals surface area contributed by atoms with Crippen LogP contribution in [0.15, 0.2) is 41.5 Å². The van der Waals surface area contributed by atoms with Gasteiger partial charge in [0.05, 0.1) is 16.4 Å². The second-order valence-corrected chi connectivity index (χ2v) is 8.88. The van der Waals surface area contributed by atoms with Crippen LogP contribution in [0.2, 0.25) is 0 Å². The molecule has 9 heteroatoms. The first kappa shape index (κ1) is 21.1. The molecule has 0 atom stereocenters. The monoisotopic (exact) mass is 439 g/mol. The topological polar surface area (TPSA) is 110 Å². The number of anilines is 1. The number of likely N-dealkylation sites (tertiary alicyclic amines) is 1. The van der Waals surface area contributed by atoms with E-state index in [9.17, 15) is 15.0 Å². The minimum Gasteiger partial charge on any atom is -0.508 e. The number of piperidine rings is 1. The average Bonchev–Trinajstić information content (AvgIpc) is 3.13. The van der Waals surface area contributed by atoms with Gasteiger partial charge >= 0.3 is 6.03 Å². The number of amides is 2. The lowest BCUT2D eigenvalue weighted by atomic mass is 9.99. The van der Waals surface area contributed by atoms with Gasteiger partial charge in [-0.05, 0) is 61.7 Å². The summed E-state index contributed by atoms with van der Waals surface area (Å²) in [6, 6.07) is 9.80. The first-order valence-corrected chi connectivity index (χ1v) is 11.0. The fraction of sp³-hybridized carbons (Fsp3) is 0.318. The highest BCUT2D eigenvalue weighted by Crippen LogP contribution is 2.28. The molecule has 4 N–H and O–H groups in total. The summed E-state index contributed by atoms with van der Waals surface area (Å²) >= 11 is 1.41. The van der Waals surface area contributed by atoms with Crippen molar-refractivity contribution in [3.63, 3.8) is 0 Å². The van der Waals surface area contributed by atoms with E-state index in [1.54, 1.807) is 0 Å². The summed E-state index contributed by atoms with van der Waals surface area (Å²) in [5, 5.41) is 26.0. The molecule has 2 amide bonds. The van der Waals surface area contributed by atoms with E-state index in [-0.39, 0.29) is 11.5 Å². The Kier molecular flexibility index (Phi) is 6.34. The van der Waals surface area contributed by atoms with E-state index in [0.29, 0.717) is 10.7 Å². The number of urea groups is 1. The Bertz CT molecular complexity index is 1110. The Morgan fingerprint density at radius 2 is 2.06 bits per heavy atom. The third-order valence-electron chi connectivity index (χ3n) is 5.34. The Labute approximate surface area is 184 Å². The molecule has 1 fully saturated rings. The summed E-state index contributed by atoms with van der Waals surface area (Å²) in [5.74, 6) is 0.632. The first-order valence-electron chi connectivity index (χ1n) is 10.2. The highest BCUT2D eigenvalue weighted by molar-refractivity contribution is 7.22. The maximum atomic E-state index is 12.1. The van der Waals surface area contributed by atoms with E-state index in [1.165, 1.54) is 54.2 Å². The normalized spacial score (nSPS) is 15.5. The van der Waals surface area contributed by atoms with Gasteiger partial charge in [-0.15, -0.1) is 0 Å². The summed E-state index contributed by atoms with van der Waals surface area (Å²) in [4.78, 5) is 19.0. The number of hydrazone groups is 1. The Hall–Kier alpha value is -3.17. The minimum absolute atomic E-state index is 0.0510. The van der Waals surface area contributed by atoms with Crippen molar-refractivity contribution in [2.75, 3.05) is 18.4 Å². The van der Waals surface area contributed by atoms with Crippen molar-refractivity contribution in [1.29, 1.82) is 0 Å². The molecular weight excluding hydrogens is 414 g/mol. The van der Waals surface area contributed by atoms with Crippen molar-refractivity contribution in [2.24, 2.45) is 11.0 Å². The number of hydrogen-bond acceptors (Lipinski definition) is 7. The van der Waals surface area contributed by atoms with Crippen LogP contribution in [0.25, 0.3) is 10.2 Å². The van der Waals surface area contributed by atoms with Crippen LogP contribution in [-0.4, -0.2) is 45.4 Å². The molecule has 0 unspecified atom stereocenters. The molecule has 8 nitrogen and oxygen atoms in total. The maximum Gasteiger partial charge on any atom is 0.341 e. The Morgan fingerprint density at radius 1 is 1.26 bits per heavy atom. The number of benzene rings is 2. The highest BCUT2D eigenvalue weighted by atomic mass is 32.1. The third kappa shape index (κ3) is 5.50. The molecule has 162 valence electrons. The Balaban J connectivity index is 1.34. The van der Waals surface area contributed by atoms with Crippen LogP contribution in [-0.2, 0) is 6.54 Å². The van der Waals surface area contributed by atoms with Crippen molar-refractivity contribution in [3.05, 3.63) is 47.5 Å². The number of aromatic hydroxyl groups is 2. The predicted octanol–water partition coefficient (Wildman–Crippen LogP) is 4.10. The second kappa shape index (κ2) is 9.32. The smallest absolute Gasteiger partial charge is 0.341 e. The van der Waals surface area contributed by atoms with Crippen molar-refractivity contribution in [1.82, 2.24) is 15.3 Å². The van der Waals surface area contributed by atoms with E-state index in [1.807, 2.05) is 6.07 Å². The number of hydrogen-bond donors (Lipinski definition) is 4. The maximum absolute atomic E-state index is 12.1. The van der Waals surface area contributed by atoms with Crippen molar-refractivity contribution >= 4 is 38.9 Å². The molecule has 3 aromatic rings. The SMILES string of the molecule is CC1CCN(Cc2ccc3nc(NC(=O)N/N=C/c4ccc(O)cc4O)sc3c2)CC1. The van der Waals surface area contributed by atoms with Gasteiger partial charge in [0.2, 0.25) is 0 Å². The zero-order chi connectivity index (χ0) is 21.8. The van der Waals surface area contributed by atoms with Crippen molar-refractivity contribution in [2.45, 2.75) is 26.3 Å². The van der Waals surface area contributed by atoms with E-state index >= 15 is 0 Å². The van der Waals surface area contributed by atoms with Gasteiger partial charge in [0.1, 0.15) is 11.5 Å². The van der Waals surface area contributed by atoms with Gasteiger partial charge < -0.3 is 10.2 Å². The van der Waals surface area contributed by atoms with Gasteiger partial charge in [-0.3, -0.25) is 10.2 Å². The molecule has 4 rings (SSSR count). The zero-order valence-corrected chi connectivity index (χ0v) is 18.0. The van der Waals surface area contributed by atoms with E-state index in [2.05, 4.69) is 44.8 Å². The lowest BCUT2D eigenvalue weighted by Gasteiger charge is -2.30. The van der Waals surface area contributed by atoms with Gasteiger partial charge in [-0.1, -0.05) is 24.3 Å². The predicted molar refractivity (Wildman–Crippen MR) is 123 cm³/mol. The largest absolute Gasteiger partial charge is 0.508 e. The number of carbonyl (C=O) groups is 1. The lowest BCUT2D eigenvalue weighted by Crippen LogP contribution is -2.32. The van der Waals surface area contributed by atoms with Gasteiger partial charge in [-0.25, -0.2) is 15.2 Å². The number of phenols is 2. The van der Waals surface area contributed by atoms with Crippen LogP contribution in [0, 0.1) is 5.92 Å². The Morgan fingerprint density at radius 3 is 2.84 bits per heavy atom. The second-order valence-electron chi connectivity index (χ2n) is 7.85. The first-order chi connectivity index (χ1) is 15.0. The van der Waals surface area contributed by atoms with Crippen molar-refractivity contribution < 1.29 is 15.0 Å². The average molecular weight is 440 g/mol. The van der Waals surface area contributed by atoms with Crippen LogP contribution in [0.3, 0.4) is 0 Å². The fourth-order valence-electron chi connectivity index (χ4n) is 3.53. The quantitative estimate of drug-likeness (QED) is 0.353. The number of thiazole rings is 1. The molecule has 0 spiro atoms. The fourth-order valence-corrected chi connectivity index (χ4v) is 4.45. The minimum atomic E-state index is -0.531. The lowest BCUT2D eigenvalue weighted by molar-refractivity contribution is 0.185. The standard InChI is InChI=1S/C22H25N5O3S/c1-14-6-8-27(9-7-14)13-15-2-5-18-20(10-15)31-22(24-18)25-21(30)26-23-12-16-3-4-17(28)11-19(16)29/h2-5,10-12,14,28-29H,6-9,13H2,1H3,(H2,24,25,26,30)/b23-12+. The van der Waals surface area contributed by atoms with E-state index in [4.69, 9.17) is 0 Å². The molecule has 0 radical (unpaired) electrons. The van der Waals surface area contributed by atoms with Crippen LogP contribution in [0.1, 0.15) is 30.9 Å². The number of phenolic OH excluding ortho intramolecular Hbond substituents is 2. The summed E-state index contributed by atoms with van der Waals surface area (Å²) < 4.78 is 1.02. The molecule has 2 aromatic carbocycles. The molecular formula is C22H25N5O3S. The van der Waals surface area contributed by atoms with Crippen LogP contribution < -0.4 is 10.7 Å². The molecule has 1 aliphatic heterocycles. The molecule has 0 aliphatic carbocycles.